The number of carbonyl (C=O) groups is 1. The highest BCUT2D eigenvalue weighted by atomic mass is 16.1. The Morgan fingerprint density at radius 2 is 1.04 bits per heavy atom. The molecule has 1 aliphatic rings. The van der Waals surface area contributed by atoms with E-state index in [1.54, 1.807) is 0 Å². The Hall–Kier alpha value is -1.93. The molecule has 0 aromatic heterocycles. The maximum absolute atomic E-state index is 12.8. The monoisotopic (exact) mass is 308 g/mol. The SMILES string of the molecule is Cc1ccc([C@H]2[NH2+][C@@H](c3ccc(C)cc3)[C@@H](C)C(=O)[C@H]2C)cc1. The highest BCUT2D eigenvalue weighted by molar-refractivity contribution is 5.84. The zero-order chi connectivity index (χ0) is 16.6. The minimum absolute atomic E-state index is 0.0504. The minimum atomic E-state index is 0.0504. The number of aryl methyl sites for hydroxylation is 2. The number of rotatable bonds is 2. The van der Waals surface area contributed by atoms with Gasteiger partial charge >= 0.3 is 0 Å². The number of quaternary nitrogens is 1. The maximum Gasteiger partial charge on any atom is 0.151 e. The molecule has 120 valence electrons. The van der Waals surface area contributed by atoms with Gasteiger partial charge in [-0.1, -0.05) is 59.7 Å². The quantitative estimate of drug-likeness (QED) is 0.905. The van der Waals surface area contributed by atoms with E-state index in [0.29, 0.717) is 5.78 Å². The fourth-order valence-electron chi connectivity index (χ4n) is 3.70. The van der Waals surface area contributed by atoms with Gasteiger partial charge in [0.1, 0.15) is 12.1 Å². The highest BCUT2D eigenvalue weighted by Gasteiger charge is 2.43. The van der Waals surface area contributed by atoms with Crippen LogP contribution in [-0.2, 0) is 4.79 Å². The summed E-state index contributed by atoms with van der Waals surface area (Å²) in [5, 5.41) is 2.39. The number of hydrogen-bond donors (Lipinski definition) is 1. The molecule has 0 spiro atoms. The third-order valence-corrected chi connectivity index (χ3v) is 5.31. The molecule has 2 nitrogen and oxygen atoms in total. The van der Waals surface area contributed by atoms with E-state index in [-0.39, 0.29) is 23.9 Å². The van der Waals surface area contributed by atoms with Crippen LogP contribution in [0, 0.1) is 25.7 Å². The van der Waals surface area contributed by atoms with Crippen LogP contribution in [0.3, 0.4) is 0 Å². The standard InChI is InChI=1S/C21H25NO/c1-13-5-9-17(10-6-13)19-15(3)21(23)16(4)20(22-19)18-11-7-14(2)8-12-18/h5-12,15-16,19-20,22H,1-4H3/p+1/t15-,16+,19-,20+. The molecule has 1 saturated heterocycles. The third kappa shape index (κ3) is 3.09. The van der Waals surface area contributed by atoms with E-state index in [0.717, 1.165) is 0 Å². The Kier molecular flexibility index (Phi) is 4.36. The van der Waals surface area contributed by atoms with Crippen LogP contribution in [-0.4, -0.2) is 5.78 Å². The molecule has 23 heavy (non-hydrogen) atoms. The summed E-state index contributed by atoms with van der Waals surface area (Å²) in [4.78, 5) is 12.8. The number of nitrogens with two attached hydrogens (primary N) is 1. The molecule has 0 bridgehead atoms. The van der Waals surface area contributed by atoms with E-state index in [1.807, 2.05) is 0 Å². The van der Waals surface area contributed by atoms with Crippen LogP contribution >= 0.6 is 0 Å². The summed E-state index contributed by atoms with van der Waals surface area (Å²) in [6.07, 6.45) is 0. The van der Waals surface area contributed by atoms with Gasteiger partial charge in [0.05, 0.1) is 11.8 Å². The molecule has 2 aromatic rings. The number of ketones is 1. The van der Waals surface area contributed by atoms with Crippen molar-refractivity contribution in [1.29, 1.82) is 0 Å². The Bertz CT molecular complexity index is 627. The number of benzene rings is 2. The fraction of sp³-hybridized carbons (Fsp3) is 0.381. The van der Waals surface area contributed by atoms with Gasteiger partial charge in [-0.25, -0.2) is 0 Å². The molecule has 1 aliphatic heterocycles. The van der Waals surface area contributed by atoms with Crippen molar-refractivity contribution < 1.29 is 10.1 Å². The van der Waals surface area contributed by atoms with E-state index >= 15 is 0 Å². The van der Waals surface area contributed by atoms with Gasteiger partial charge in [0.2, 0.25) is 0 Å². The second-order valence-electron chi connectivity index (χ2n) is 7.05. The van der Waals surface area contributed by atoms with E-state index in [4.69, 9.17) is 0 Å². The topological polar surface area (TPSA) is 33.7 Å². The lowest BCUT2D eigenvalue weighted by Gasteiger charge is -2.36. The number of piperidine rings is 1. The van der Waals surface area contributed by atoms with Crippen molar-refractivity contribution in [1.82, 2.24) is 0 Å². The minimum Gasteiger partial charge on any atom is -0.333 e. The first-order valence-corrected chi connectivity index (χ1v) is 8.49. The lowest BCUT2D eigenvalue weighted by molar-refractivity contribution is -0.748. The van der Waals surface area contributed by atoms with Gasteiger partial charge in [0.25, 0.3) is 0 Å². The fourth-order valence-corrected chi connectivity index (χ4v) is 3.70. The number of Topliss-reactive ketones (excluding diaryl/α,β-unsaturated/α-hetero) is 1. The number of carbonyl (C=O) groups excluding carboxylic acids is 1. The van der Waals surface area contributed by atoms with Gasteiger partial charge in [-0.3, -0.25) is 4.79 Å². The van der Waals surface area contributed by atoms with Gasteiger partial charge in [-0.2, -0.15) is 0 Å². The van der Waals surface area contributed by atoms with Crippen LogP contribution in [0.25, 0.3) is 0 Å². The molecule has 1 heterocycles. The molecule has 4 atom stereocenters. The van der Waals surface area contributed by atoms with E-state index in [9.17, 15) is 4.79 Å². The zero-order valence-electron chi connectivity index (χ0n) is 14.4. The second kappa shape index (κ2) is 6.29. The molecule has 3 rings (SSSR count). The van der Waals surface area contributed by atoms with Crippen LogP contribution in [0.2, 0.25) is 0 Å². The van der Waals surface area contributed by atoms with Crippen molar-refractivity contribution in [2.75, 3.05) is 0 Å². The Morgan fingerprint density at radius 3 is 1.39 bits per heavy atom. The molecule has 0 amide bonds. The summed E-state index contributed by atoms with van der Waals surface area (Å²) in [6, 6.07) is 17.6. The first kappa shape index (κ1) is 15.9. The van der Waals surface area contributed by atoms with Gasteiger partial charge in [-0.05, 0) is 27.7 Å². The molecule has 2 N–H and O–H groups in total. The molecule has 0 unspecified atom stereocenters. The normalized spacial score (nSPS) is 27.9. The summed E-state index contributed by atoms with van der Waals surface area (Å²) >= 11 is 0. The summed E-state index contributed by atoms with van der Waals surface area (Å²) in [6.45, 7) is 8.34. The molecule has 0 aliphatic carbocycles. The lowest BCUT2D eigenvalue weighted by atomic mass is 9.76. The van der Waals surface area contributed by atoms with Crippen LogP contribution in [0.1, 0.15) is 48.2 Å². The lowest BCUT2D eigenvalue weighted by Crippen LogP contribution is -2.91. The van der Waals surface area contributed by atoms with Crippen molar-refractivity contribution in [2.45, 2.75) is 39.8 Å². The van der Waals surface area contributed by atoms with Crippen LogP contribution < -0.4 is 5.32 Å². The van der Waals surface area contributed by atoms with E-state index in [2.05, 4.69) is 81.5 Å². The summed E-state index contributed by atoms with van der Waals surface area (Å²) in [5.74, 6) is 0.479. The van der Waals surface area contributed by atoms with Gasteiger partial charge in [0.15, 0.2) is 5.78 Å². The average Bonchev–Trinajstić information content (AvgIpc) is 2.55. The van der Waals surface area contributed by atoms with Crippen molar-refractivity contribution >= 4 is 5.78 Å². The summed E-state index contributed by atoms with van der Waals surface area (Å²) < 4.78 is 0. The molecule has 0 radical (unpaired) electrons. The van der Waals surface area contributed by atoms with Crippen LogP contribution in [0.5, 0.6) is 0 Å². The van der Waals surface area contributed by atoms with E-state index in [1.165, 1.54) is 22.3 Å². The first-order valence-electron chi connectivity index (χ1n) is 8.49. The predicted octanol–water partition coefficient (Wildman–Crippen LogP) is 3.50. The van der Waals surface area contributed by atoms with Crippen molar-refractivity contribution in [3.8, 4) is 0 Å². The second-order valence-corrected chi connectivity index (χ2v) is 7.05. The zero-order valence-corrected chi connectivity index (χ0v) is 14.4. The molecular weight excluding hydrogens is 282 g/mol. The Morgan fingerprint density at radius 1 is 0.696 bits per heavy atom. The van der Waals surface area contributed by atoms with Gasteiger partial charge in [0, 0.05) is 11.1 Å². The largest absolute Gasteiger partial charge is 0.333 e. The Labute approximate surface area is 138 Å². The number of hydrogen-bond acceptors (Lipinski definition) is 1. The van der Waals surface area contributed by atoms with Gasteiger partial charge in [-0.15, -0.1) is 0 Å². The highest BCUT2D eigenvalue weighted by Crippen LogP contribution is 2.32. The maximum atomic E-state index is 12.8. The molecule has 0 saturated carbocycles. The van der Waals surface area contributed by atoms with Crippen LogP contribution in [0.4, 0.5) is 0 Å². The smallest absolute Gasteiger partial charge is 0.151 e. The van der Waals surface area contributed by atoms with Gasteiger partial charge < -0.3 is 5.32 Å². The molecule has 2 aromatic carbocycles. The molecule has 2 heteroatoms. The van der Waals surface area contributed by atoms with E-state index < -0.39 is 0 Å². The van der Waals surface area contributed by atoms with Crippen molar-refractivity contribution in [3.63, 3.8) is 0 Å². The summed E-state index contributed by atoms with van der Waals surface area (Å²) in [7, 11) is 0. The molecular formula is C21H26NO+. The first-order chi connectivity index (χ1) is 11.0. The third-order valence-electron chi connectivity index (χ3n) is 5.31. The predicted molar refractivity (Wildman–Crippen MR) is 93.1 cm³/mol. The van der Waals surface area contributed by atoms with Crippen molar-refractivity contribution in [2.24, 2.45) is 11.8 Å². The molecule has 1 fully saturated rings. The average molecular weight is 308 g/mol. The van der Waals surface area contributed by atoms with Crippen LogP contribution in [0.15, 0.2) is 48.5 Å². The van der Waals surface area contributed by atoms with Crippen molar-refractivity contribution in [3.05, 3.63) is 70.8 Å². The summed E-state index contributed by atoms with van der Waals surface area (Å²) in [5.41, 5.74) is 5.01. The Balaban J connectivity index is 1.94.